The lowest BCUT2D eigenvalue weighted by Crippen LogP contribution is -2.39. The standard InChI is InChI=1S/C25H26N2O2S/c1-25(2,3)29-24(28)27-16-14-20(15-17-27)23-26-21(18-10-6-4-7-11-18)22(30-23)19-12-8-5-9-13-19/h4-14H,15-17H2,1-3H3. The summed E-state index contributed by atoms with van der Waals surface area (Å²) < 4.78 is 5.50. The average Bonchev–Trinajstić information content (AvgIpc) is 3.19. The smallest absolute Gasteiger partial charge is 0.410 e. The molecule has 4 rings (SSSR count). The van der Waals surface area contributed by atoms with Gasteiger partial charge in [0.25, 0.3) is 0 Å². The number of aromatic nitrogens is 1. The Kier molecular flexibility index (Phi) is 5.73. The molecule has 1 aromatic heterocycles. The molecule has 4 nitrogen and oxygen atoms in total. The van der Waals surface area contributed by atoms with Crippen molar-refractivity contribution in [2.75, 3.05) is 13.1 Å². The number of carbonyl (C=O) groups is 1. The van der Waals surface area contributed by atoms with E-state index in [1.807, 2.05) is 45.0 Å². The predicted molar refractivity (Wildman–Crippen MR) is 123 cm³/mol. The first kappa shape index (κ1) is 20.4. The molecule has 0 atom stereocenters. The molecule has 2 aromatic carbocycles. The van der Waals surface area contributed by atoms with Crippen molar-refractivity contribution in [3.8, 4) is 21.7 Å². The fourth-order valence-corrected chi connectivity index (χ4v) is 4.55. The van der Waals surface area contributed by atoms with E-state index in [2.05, 4.69) is 42.5 Å². The maximum absolute atomic E-state index is 12.3. The highest BCUT2D eigenvalue weighted by Crippen LogP contribution is 2.40. The highest BCUT2D eigenvalue weighted by atomic mass is 32.1. The van der Waals surface area contributed by atoms with Crippen molar-refractivity contribution in [2.45, 2.75) is 32.8 Å². The van der Waals surface area contributed by atoms with Gasteiger partial charge in [0, 0.05) is 18.7 Å². The molecule has 30 heavy (non-hydrogen) atoms. The number of carbonyl (C=O) groups excluding carboxylic acids is 1. The topological polar surface area (TPSA) is 42.4 Å². The van der Waals surface area contributed by atoms with E-state index in [0.717, 1.165) is 22.7 Å². The van der Waals surface area contributed by atoms with Gasteiger partial charge in [-0.2, -0.15) is 0 Å². The number of hydrogen-bond acceptors (Lipinski definition) is 4. The van der Waals surface area contributed by atoms with E-state index in [1.54, 1.807) is 16.2 Å². The minimum absolute atomic E-state index is 0.258. The normalized spacial score (nSPS) is 14.4. The fourth-order valence-electron chi connectivity index (χ4n) is 3.39. The largest absolute Gasteiger partial charge is 0.444 e. The lowest BCUT2D eigenvalue weighted by molar-refractivity contribution is 0.0270. The highest BCUT2D eigenvalue weighted by Gasteiger charge is 2.25. The molecule has 5 heteroatoms. The van der Waals surface area contributed by atoms with Crippen molar-refractivity contribution in [2.24, 2.45) is 0 Å². The zero-order valence-electron chi connectivity index (χ0n) is 17.6. The van der Waals surface area contributed by atoms with E-state index in [-0.39, 0.29) is 6.09 Å². The molecule has 0 radical (unpaired) electrons. The Morgan fingerprint density at radius 2 is 1.63 bits per heavy atom. The lowest BCUT2D eigenvalue weighted by Gasteiger charge is -2.29. The van der Waals surface area contributed by atoms with Crippen LogP contribution in [0, 0.1) is 0 Å². The quantitative estimate of drug-likeness (QED) is 0.487. The Labute approximate surface area is 181 Å². The third-order valence-electron chi connectivity index (χ3n) is 4.85. The van der Waals surface area contributed by atoms with Crippen LogP contribution in [0.25, 0.3) is 27.3 Å². The highest BCUT2D eigenvalue weighted by molar-refractivity contribution is 7.16. The Balaban J connectivity index is 1.63. The number of benzene rings is 2. The van der Waals surface area contributed by atoms with Crippen molar-refractivity contribution < 1.29 is 9.53 Å². The molecule has 3 aromatic rings. The minimum atomic E-state index is -0.481. The van der Waals surface area contributed by atoms with E-state index in [0.29, 0.717) is 13.1 Å². The first-order valence-corrected chi connectivity index (χ1v) is 11.0. The van der Waals surface area contributed by atoms with Crippen LogP contribution >= 0.6 is 11.3 Å². The molecule has 1 amide bonds. The molecule has 0 saturated heterocycles. The van der Waals surface area contributed by atoms with Crippen molar-refractivity contribution in [1.82, 2.24) is 9.88 Å². The molecule has 0 spiro atoms. The molecule has 2 heterocycles. The number of thiazole rings is 1. The van der Waals surface area contributed by atoms with Crippen molar-refractivity contribution in [3.05, 3.63) is 71.7 Å². The summed E-state index contributed by atoms with van der Waals surface area (Å²) >= 11 is 1.72. The Morgan fingerprint density at radius 3 is 2.20 bits per heavy atom. The summed E-state index contributed by atoms with van der Waals surface area (Å²) in [7, 11) is 0. The molecule has 1 aliphatic rings. The van der Waals surface area contributed by atoms with Crippen LogP contribution in [0.4, 0.5) is 4.79 Å². The minimum Gasteiger partial charge on any atom is -0.444 e. The zero-order valence-corrected chi connectivity index (χ0v) is 18.4. The first-order chi connectivity index (χ1) is 14.4. The molecule has 154 valence electrons. The van der Waals surface area contributed by atoms with Gasteiger partial charge in [-0.1, -0.05) is 66.7 Å². The van der Waals surface area contributed by atoms with Gasteiger partial charge in [-0.15, -0.1) is 11.3 Å². The molecule has 0 aliphatic carbocycles. The van der Waals surface area contributed by atoms with Crippen LogP contribution in [0.15, 0.2) is 66.7 Å². The van der Waals surface area contributed by atoms with Crippen LogP contribution in [-0.2, 0) is 4.74 Å². The summed E-state index contributed by atoms with van der Waals surface area (Å²) in [6.07, 6.45) is 2.62. The van der Waals surface area contributed by atoms with Gasteiger partial charge in [0.15, 0.2) is 0 Å². The van der Waals surface area contributed by atoms with Crippen LogP contribution in [0.1, 0.15) is 32.2 Å². The Hall–Kier alpha value is -2.92. The summed E-state index contributed by atoms with van der Waals surface area (Å²) in [6.45, 7) is 6.86. The predicted octanol–water partition coefficient (Wildman–Crippen LogP) is 6.50. The first-order valence-electron chi connectivity index (χ1n) is 10.2. The monoisotopic (exact) mass is 418 g/mol. The molecule has 0 bridgehead atoms. The van der Waals surface area contributed by atoms with Gasteiger partial charge >= 0.3 is 6.09 Å². The number of hydrogen-bond donors (Lipinski definition) is 0. The van der Waals surface area contributed by atoms with Crippen molar-refractivity contribution in [3.63, 3.8) is 0 Å². The Bertz CT molecular complexity index is 993. The summed E-state index contributed by atoms with van der Waals surface area (Å²) in [5.41, 5.74) is 4.01. The van der Waals surface area contributed by atoms with E-state index < -0.39 is 5.60 Å². The van der Waals surface area contributed by atoms with Crippen LogP contribution in [0.3, 0.4) is 0 Å². The number of amides is 1. The summed E-state index contributed by atoms with van der Waals surface area (Å²) in [5.74, 6) is 0. The maximum atomic E-state index is 12.3. The second-order valence-corrected chi connectivity index (χ2v) is 9.33. The molecule has 0 unspecified atom stereocenters. The number of ether oxygens (including phenoxy) is 1. The van der Waals surface area contributed by atoms with Gasteiger partial charge in [-0.25, -0.2) is 9.78 Å². The van der Waals surface area contributed by atoms with Gasteiger partial charge in [0.2, 0.25) is 0 Å². The summed E-state index contributed by atoms with van der Waals surface area (Å²) in [4.78, 5) is 20.3. The van der Waals surface area contributed by atoms with Crippen LogP contribution in [0.5, 0.6) is 0 Å². The molecule has 0 saturated carbocycles. The van der Waals surface area contributed by atoms with Gasteiger partial charge in [-0.05, 0) is 38.3 Å². The van der Waals surface area contributed by atoms with E-state index in [9.17, 15) is 4.79 Å². The second-order valence-electron chi connectivity index (χ2n) is 8.33. The number of rotatable bonds is 3. The van der Waals surface area contributed by atoms with E-state index >= 15 is 0 Å². The number of nitrogens with zero attached hydrogens (tertiary/aromatic N) is 2. The SMILES string of the molecule is CC(C)(C)OC(=O)N1CC=C(c2nc(-c3ccccc3)c(-c3ccccc3)s2)CC1. The molecule has 1 aliphatic heterocycles. The van der Waals surface area contributed by atoms with Crippen LogP contribution < -0.4 is 0 Å². The van der Waals surface area contributed by atoms with Crippen LogP contribution in [0.2, 0.25) is 0 Å². The Morgan fingerprint density at radius 1 is 1.00 bits per heavy atom. The third kappa shape index (κ3) is 4.62. The molecule has 0 fully saturated rings. The zero-order chi connectivity index (χ0) is 21.1. The van der Waals surface area contributed by atoms with Gasteiger partial charge in [-0.3, -0.25) is 0 Å². The molecular weight excluding hydrogens is 392 g/mol. The second kappa shape index (κ2) is 8.44. The molecular formula is C25H26N2O2S. The van der Waals surface area contributed by atoms with E-state index in [4.69, 9.17) is 9.72 Å². The van der Waals surface area contributed by atoms with E-state index in [1.165, 1.54) is 16.0 Å². The van der Waals surface area contributed by atoms with Crippen LogP contribution in [-0.4, -0.2) is 34.7 Å². The fraction of sp³-hybridized carbons (Fsp3) is 0.280. The van der Waals surface area contributed by atoms with Gasteiger partial charge in [0.1, 0.15) is 10.6 Å². The molecule has 0 N–H and O–H groups in total. The van der Waals surface area contributed by atoms with Crippen molar-refractivity contribution in [1.29, 1.82) is 0 Å². The van der Waals surface area contributed by atoms with Gasteiger partial charge < -0.3 is 9.64 Å². The lowest BCUT2D eigenvalue weighted by atomic mass is 10.1. The maximum Gasteiger partial charge on any atom is 0.410 e. The summed E-state index contributed by atoms with van der Waals surface area (Å²) in [5, 5.41) is 1.02. The van der Waals surface area contributed by atoms with Crippen molar-refractivity contribution >= 4 is 23.0 Å². The summed E-state index contributed by atoms with van der Waals surface area (Å²) in [6, 6.07) is 20.7. The average molecular weight is 419 g/mol. The third-order valence-corrected chi connectivity index (χ3v) is 6.03. The van der Waals surface area contributed by atoms with Gasteiger partial charge in [0.05, 0.1) is 10.6 Å².